The number of benzene rings is 3. The fourth-order valence-corrected chi connectivity index (χ4v) is 4.81. The molecule has 0 aliphatic carbocycles. The molecule has 3 aromatic carbocycles. The van der Waals surface area contributed by atoms with Crippen LogP contribution < -0.4 is 5.46 Å². The van der Waals surface area contributed by atoms with Crippen molar-refractivity contribution in [1.29, 1.82) is 0 Å². The lowest BCUT2D eigenvalue weighted by atomic mass is 9.78. The van der Waals surface area contributed by atoms with Crippen LogP contribution in [0.25, 0.3) is 31.7 Å². The van der Waals surface area contributed by atoms with E-state index in [1.165, 1.54) is 31.7 Å². The summed E-state index contributed by atoms with van der Waals surface area (Å²) < 4.78 is 12.5. The van der Waals surface area contributed by atoms with E-state index in [4.69, 9.17) is 9.31 Å². The van der Waals surface area contributed by atoms with Crippen molar-refractivity contribution in [2.24, 2.45) is 0 Å². The average molecular weight is 412 g/mol. The van der Waals surface area contributed by atoms with Crippen molar-refractivity contribution in [1.82, 2.24) is 0 Å². The molecule has 0 atom stereocenters. The standard InChI is InChI=1S/C26H25BO2S/c1-25(2)26(3,4)29-27(28-25)22-11-7-10-20(17-22)23-14-15-24(30-23)21-13-12-18-8-5-6-9-19(18)16-21/h5-17H,1-4H3. The molecule has 30 heavy (non-hydrogen) atoms. The molecule has 5 rings (SSSR count). The molecule has 0 N–H and O–H groups in total. The molecule has 2 heterocycles. The van der Waals surface area contributed by atoms with Crippen molar-refractivity contribution >= 4 is 34.7 Å². The summed E-state index contributed by atoms with van der Waals surface area (Å²) in [6.07, 6.45) is 0. The first kappa shape index (κ1) is 19.6. The lowest BCUT2D eigenvalue weighted by Crippen LogP contribution is -2.41. The molecule has 4 heteroatoms. The largest absolute Gasteiger partial charge is 0.494 e. The van der Waals surface area contributed by atoms with E-state index in [2.05, 4.69) is 107 Å². The zero-order valence-electron chi connectivity index (χ0n) is 17.8. The predicted molar refractivity (Wildman–Crippen MR) is 128 cm³/mol. The van der Waals surface area contributed by atoms with Crippen LogP contribution in [0.3, 0.4) is 0 Å². The minimum Gasteiger partial charge on any atom is -0.399 e. The Morgan fingerprint density at radius 1 is 0.633 bits per heavy atom. The molecule has 0 unspecified atom stereocenters. The topological polar surface area (TPSA) is 18.5 Å². The first-order valence-electron chi connectivity index (χ1n) is 10.4. The maximum Gasteiger partial charge on any atom is 0.494 e. The van der Waals surface area contributed by atoms with Crippen molar-refractivity contribution in [3.8, 4) is 20.9 Å². The van der Waals surface area contributed by atoms with Gasteiger partial charge >= 0.3 is 7.12 Å². The van der Waals surface area contributed by atoms with Gasteiger partial charge in [-0.1, -0.05) is 60.7 Å². The van der Waals surface area contributed by atoms with Gasteiger partial charge in [0.15, 0.2) is 0 Å². The summed E-state index contributed by atoms with van der Waals surface area (Å²) in [5.41, 5.74) is 2.85. The van der Waals surface area contributed by atoms with E-state index >= 15 is 0 Å². The molecule has 1 aliphatic rings. The predicted octanol–water partition coefficient (Wildman–Crippen LogP) is 6.53. The van der Waals surface area contributed by atoms with Crippen LogP contribution in [0, 0.1) is 0 Å². The summed E-state index contributed by atoms with van der Waals surface area (Å²) in [5, 5.41) is 2.54. The zero-order valence-corrected chi connectivity index (χ0v) is 18.6. The second-order valence-corrected chi connectivity index (χ2v) is 10.0. The molecule has 0 amide bonds. The third kappa shape index (κ3) is 3.39. The van der Waals surface area contributed by atoms with Gasteiger partial charge in [-0.2, -0.15) is 0 Å². The van der Waals surface area contributed by atoms with Crippen LogP contribution in [-0.2, 0) is 9.31 Å². The van der Waals surface area contributed by atoms with Crippen molar-refractivity contribution in [2.75, 3.05) is 0 Å². The molecular formula is C26H25BO2S. The highest BCUT2D eigenvalue weighted by Crippen LogP contribution is 2.38. The zero-order chi connectivity index (χ0) is 20.9. The van der Waals surface area contributed by atoms with Gasteiger partial charge in [-0.15, -0.1) is 11.3 Å². The van der Waals surface area contributed by atoms with E-state index < -0.39 is 0 Å². The van der Waals surface area contributed by atoms with E-state index in [1.807, 2.05) is 11.3 Å². The number of hydrogen-bond donors (Lipinski definition) is 0. The molecule has 0 radical (unpaired) electrons. The van der Waals surface area contributed by atoms with Crippen LogP contribution in [0.4, 0.5) is 0 Å². The van der Waals surface area contributed by atoms with Gasteiger partial charge in [-0.3, -0.25) is 0 Å². The molecule has 2 nitrogen and oxygen atoms in total. The normalized spacial score (nSPS) is 17.5. The molecule has 150 valence electrons. The summed E-state index contributed by atoms with van der Waals surface area (Å²) >= 11 is 1.82. The summed E-state index contributed by atoms with van der Waals surface area (Å²) in [5.74, 6) is 0. The van der Waals surface area contributed by atoms with Crippen molar-refractivity contribution in [3.05, 3.63) is 78.9 Å². The summed E-state index contributed by atoms with van der Waals surface area (Å²) in [7, 11) is -0.338. The van der Waals surface area contributed by atoms with Crippen LogP contribution in [0.15, 0.2) is 78.9 Å². The minimum atomic E-state index is -0.338. The first-order valence-corrected chi connectivity index (χ1v) is 11.2. The van der Waals surface area contributed by atoms with Gasteiger partial charge in [-0.05, 0) is 73.3 Å². The fourth-order valence-electron chi connectivity index (χ4n) is 3.81. The highest BCUT2D eigenvalue weighted by molar-refractivity contribution is 7.18. The van der Waals surface area contributed by atoms with Crippen molar-refractivity contribution < 1.29 is 9.31 Å². The smallest absolute Gasteiger partial charge is 0.399 e. The summed E-state index contributed by atoms with van der Waals surface area (Å²) in [6, 6.07) is 28.1. The number of fused-ring (bicyclic) bond motifs is 1. The fraction of sp³-hybridized carbons (Fsp3) is 0.231. The molecule has 0 bridgehead atoms. The summed E-state index contributed by atoms with van der Waals surface area (Å²) in [4.78, 5) is 2.52. The molecule has 4 aromatic rings. The SMILES string of the molecule is CC1(C)OB(c2cccc(-c3ccc(-c4ccc5ccccc5c4)s3)c2)OC1(C)C. The number of thiophene rings is 1. The Morgan fingerprint density at radius 3 is 1.97 bits per heavy atom. The maximum absolute atomic E-state index is 6.24. The quantitative estimate of drug-likeness (QED) is 0.356. The van der Waals surface area contributed by atoms with Gasteiger partial charge in [0.25, 0.3) is 0 Å². The second kappa shape index (κ2) is 7.09. The highest BCUT2D eigenvalue weighted by Gasteiger charge is 2.51. The van der Waals surface area contributed by atoms with Gasteiger partial charge in [0, 0.05) is 9.75 Å². The number of rotatable bonds is 3. The average Bonchev–Trinajstić information content (AvgIpc) is 3.30. The van der Waals surface area contributed by atoms with Gasteiger partial charge < -0.3 is 9.31 Å². The molecule has 0 saturated carbocycles. The Balaban J connectivity index is 1.45. The highest BCUT2D eigenvalue weighted by atomic mass is 32.1. The Bertz CT molecular complexity index is 1210. The molecule has 1 saturated heterocycles. The second-order valence-electron chi connectivity index (χ2n) is 8.94. The Labute approximate surface area is 182 Å². The van der Waals surface area contributed by atoms with E-state index in [-0.39, 0.29) is 18.3 Å². The third-order valence-electron chi connectivity index (χ3n) is 6.34. The van der Waals surface area contributed by atoms with Crippen LogP contribution in [0.2, 0.25) is 0 Å². The Hall–Kier alpha value is -2.40. The van der Waals surface area contributed by atoms with Crippen molar-refractivity contribution in [2.45, 2.75) is 38.9 Å². The molecule has 0 spiro atoms. The van der Waals surface area contributed by atoms with E-state index in [1.54, 1.807) is 0 Å². The van der Waals surface area contributed by atoms with E-state index in [9.17, 15) is 0 Å². The number of hydrogen-bond acceptors (Lipinski definition) is 3. The third-order valence-corrected chi connectivity index (χ3v) is 7.52. The van der Waals surface area contributed by atoms with Crippen LogP contribution in [0.5, 0.6) is 0 Å². The Kier molecular flexibility index (Phi) is 4.62. The monoisotopic (exact) mass is 412 g/mol. The van der Waals surface area contributed by atoms with E-state index in [0.29, 0.717) is 0 Å². The molecule has 1 aliphatic heterocycles. The van der Waals surface area contributed by atoms with Gasteiger partial charge in [0.05, 0.1) is 11.2 Å². The van der Waals surface area contributed by atoms with Crippen LogP contribution >= 0.6 is 11.3 Å². The first-order chi connectivity index (χ1) is 14.3. The van der Waals surface area contributed by atoms with Gasteiger partial charge in [0.1, 0.15) is 0 Å². The van der Waals surface area contributed by atoms with E-state index in [0.717, 1.165) is 5.46 Å². The lowest BCUT2D eigenvalue weighted by Gasteiger charge is -2.32. The molecule has 1 aromatic heterocycles. The van der Waals surface area contributed by atoms with Crippen molar-refractivity contribution in [3.63, 3.8) is 0 Å². The maximum atomic E-state index is 6.24. The van der Waals surface area contributed by atoms with Gasteiger partial charge in [0.2, 0.25) is 0 Å². The Morgan fingerprint density at radius 2 is 1.27 bits per heavy atom. The van der Waals surface area contributed by atoms with Crippen LogP contribution in [-0.4, -0.2) is 18.3 Å². The molecule has 1 fully saturated rings. The minimum absolute atomic E-state index is 0.333. The van der Waals surface area contributed by atoms with Gasteiger partial charge in [-0.25, -0.2) is 0 Å². The summed E-state index contributed by atoms with van der Waals surface area (Å²) in [6.45, 7) is 8.36. The lowest BCUT2D eigenvalue weighted by molar-refractivity contribution is 0.00578. The molecular weight excluding hydrogens is 387 g/mol. The van der Waals surface area contributed by atoms with Crippen LogP contribution in [0.1, 0.15) is 27.7 Å².